The molecule has 0 unspecified atom stereocenters. The molecule has 0 fully saturated rings. The van der Waals surface area contributed by atoms with Crippen molar-refractivity contribution in [2.24, 2.45) is 0 Å². The standard InChI is InChI=1S/C19H14Cl2N2O3/c1-10-2-4-12-16(8-10)26-7-6-13-17(19(24)25)22-23(18(12)13)15-5-3-11(20)9-14(15)21/h2-5,8-9H,6-7H2,1H3,(H,24,25). The summed E-state index contributed by atoms with van der Waals surface area (Å²) >= 11 is 12.4. The van der Waals surface area contributed by atoms with Crippen LogP contribution in [0.2, 0.25) is 10.0 Å². The molecular weight excluding hydrogens is 375 g/mol. The molecule has 2 heterocycles. The van der Waals surface area contributed by atoms with Gasteiger partial charge in [-0.3, -0.25) is 0 Å². The minimum absolute atomic E-state index is 0.00282. The van der Waals surface area contributed by atoms with Crippen LogP contribution >= 0.6 is 23.2 Å². The van der Waals surface area contributed by atoms with E-state index in [9.17, 15) is 9.90 Å². The van der Waals surface area contributed by atoms with E-state index in [4.69, 9.17) is 27.9 Å². The number of carboxylic acids is 1. The average Bonchev–Trinajstić information content (AvgIpc) is 2.85. The Hall–Kier alpha value is -2.50. The second-order valence-electron chi connectivity index (χ2n) is 6.09. The summed E-state index contributed by atoms with van der Waals surface area (Å²) in [4.78, 5) is 11.8. The van der Waals surface area contributed by atoms with Crippen LogP contribution in [0.15, 0.2) is 36.4 Å². The molecule has 0 amide bonds. The first-order valence-corrected chi connectivity index (χ1v) is 8.75. The number of carbonyl (C=O) groups is 1. The van der Waals surface area contributed by atoms with Crippen LogP contribution in [0.25, 0.3) is 16.9 Å². The molecular formula is C19H14Cl2N2O3. The zero-order chi connectivity index (χ0) is 18.4. The fourth-order valence-corrected chi connectivity index (χ4v) is 3.66. The van der Waals surface area contributed by atoms with Gasteiger partial charge in [-0.05, 0) is 42.8 Å². The number of aromatic carboxylic acids is 1. The van der Waals surface area contributed by atoms with Crippen molar-refractivity contribution in [1.82, 2.24) is 9.78 Å². The third-order valence-corrected chi connectivity index (χ3v) is 4.86. The summed E-state index contributed by atoms with van der Waals surface area (Å²) in [5, 5.41) is 14.9. The van der Waals surface area contributed by atoms with Crippen molar-refractivity contribution < 1.29 is 14.6 Å². The molecule has 2 aromatic carbocycles. The molecule has 0 radical (unpaired) electrons. The van der Waals surface area contributed by atoms with Gasteiger partial charge in [0.1, 0.15) is 5.75 Å². The molecule has 0 atom stereocenters. The molecule has 3 aromatic rings. The Morgan fingerprint density at radius 3 is 2.77 bits per heavy atom. The van der Waals surface area contributed by atoms with Gasteiger partial charge < -0.3 is 9.84 Å². The van der Waals surface area contributed by atoms with Crippen LogP contribution in [0.5, 0.6) is 5.75 Å². The smallest absolute Gasteiger partial charge is 0.356 e. The fraction of sp³-hybridized carbons (Fsp3) is 0.158. The third kappa shape index (κ3) is 2.73. The van der Waals surface area contributed by atoms with Crippen LogP contribution in [0, 0.1) is 6.92 Å². The molecule has 1 aliphatic rings. The maximum atomic E-state index is 11.8. The first-order chi connectivity index (χ1) is 12.5. The number of aromatic nitrogens is 2. The Balaban J connectivity index is 2.06. The monoisotopic (exact) mass is 388 g/mol. The number of benzene rings is 2. The molecule has 7 heteroatoms. The van der Waals surface area contributed by atoms with Crippen LogP contribution in [-0.4, -0.2) is 27.5 Å². The summed E-state index contributed by atoms with van der Waals surface area (Å²) in [6.07, 6.45) is 0.440. The highest BCUT2D eigenvalue weighted by molar-refractivity contribution is 6.35. The molecule has 0 spiro atoms. The largest absolute Gasteiger partial charge is 0.493 e. The van der Waals surface area contributed by atoms with Gasteiger partial charge in [0.15, 0.2) is 5.69 Å². The Morgan fingerprint density at radius 1 is 1.23 bits per heavy atom. The zero-order valence-electron chi connectivity index (χ0n) is 13.8. The van der Waals surface area contributed by atoms with Crippen LogP contribution in [0.1, 0.15) is 21.6 Å². The maximum Gasteiger partial charge on any atom is 0.356 e. The Kier molecular flexibility index (Phi) is 4.13. The average molecular weight is 389 g/mol. The highest BCUT2D eigenvalue weighted by Gasteiger charge is 2.28. The van der Waals surface area contributed by atoms with E-state index in [1.165, 1.54) is 0 Å². The lowest BCUT2D eigenvalue weighted by molar-refractivity contribution is 0.0688. The number of hydrogen-bond donors (Lipinski definition) is 1. The van der Waals surface area contributed by atoms with E-state index in [2.05, 4.69) is 5.10 Å². The second-order valence-corrected chi connectivity index (χ2v) is 6.93. The van der Waals surface area contributed by atoms with E-state index in [0.29, 0.717) is 45.8 Å². The summed E-state index contributed by atoms with van der Waals surface area (Å²) in [6, 6.07) is 10.8. The molecule has 1 aromatic heterocycles. The number of rotatable bonds is 2. The fourth-order valence-electron chi connectivity index (χ4n) is 3.17. The Labute approximate surface area is 159 Å². The van der Waals surface area contributed by atoms with E-state index in [-0.39, 0.29) is 5.69 Å². The number of halogens is 2. The van der Waals surface area contributed by atoms with Crippen LogP contribution in [-0.2, 0) is 6.42 Å². The second kappa shape index (κ2) is 6.34. The van der Waals surface area contributed by atoms with Gasteiger partial charge >= 0.3 is 5.97 Å². The van der Waals surface area contributed by atoms with E-state index in [1.54, 1.807) is 22.9 Å². The van der Waals surface area contributed by atoms with Crippen molar-refractivity contribution in [3.8, 4) is 22.7 Å². The van der Waals surface area contributed by atoms with Crippen molar-refractivity contribution in [2.75, 3.05) is 6.61 Å². The van der Waals surface area contributed by atoms with Crippen molar-refractivity contribution in [3.63, 3.8) is 0 Å². The highest BCUT2D eigenvalue weighted by atomic mass is 35.5. The van der Waals surface area contributed by atoms with Gasteiger partial charge in [0.25, 0.3) is 0 Å². The topological polar surface area (TPSA) is 64.3 Å². The summed E-state index contributed by atoms with van der Waals surface area (Å²) in [5.74, 6) is -0.382. The van der Waals surface area contributed by atoms with Gasteiger partial charge in [0, 0.05) is 22.6 Å². The van der Waals surface area contributed by atoms with Crippen molar-refractivity contribution >= 4 is 29.2 Å². The van der Waals surface area contributed by atoms with E-state index in [0.717, 1.165) is 11.1 Å². The lowest BCUT2D eigenvalue weighted by Gasteiger charge is -2.13. The Bertz CT molecular complexity index is 1040. The summed E-state index contributed by atoms with van der Waals surface area (Å²) in [5.41, 5.74) is 3.72. The quantitative estimate of drug-likeness (QED) is 0.685. The molecule has 5 nitrogen and oxygen atoms in total. The van der Waals surface area contributed by atoms with Crippen molar-refractivity contribution in [1.29, 1.82) is 0 Å². The summed E-state index contributed by atoms with van der Waals surface area (Å²) in [6.45, 7) is 2.36. The summed E-state index contributed by atoms with van der Waals surface area (Å²) in [7, 11) is 0. The van der Waals surface area contributed by atoms with Crippen LogP contribution in [0.4, 0.5) is 0 Å². The van der Waals surface area contributed by atoms with Crippen LogP contribution < -0.4 is 4.74 Å². The normalized spacial score (nSPS) is 12.7. The highest BCUT2D eigenvalue weighted by Crippen LogP contribution is 2.40. The number of fused-ring (bicyclic) bond motifs is 3. The predicted octanol–water partition coefficient (Wildman–Crippen LogP) is 4.79. The molecule has 4 rings (SSSR count). The van der Waals surface area contributed by atoms with E-state index < -0.39 is 5.97 Å². The third-order valence-electron chi connectivity index (χ3n) is 4.33. The van der Waals surface area contributed by atoms with Gasteiger partial charge in [-0.15, -0.1) is 0 Å². The summed E-state index contributed by atoms with van der Waals surface area (Å²) < 4.78 is 7.43. The number of ether oxygens (including phenoxy) is 1. The van der Waals surface area contributed by atoms with Crippen molar-refractivity contribution in [3.05, 3.63) is 63.3 Å². The van der Waals surface area contributed by atoms with Crippen molar-refractivity contribution in [2.45, 2.75) is 13.3 Å². The zero-order valence-corrected chi connectivity index (χ0v) is 15.3. The molecule has 0 bridgehead atoms. The SMILES string of the molecule is Cc1ccc2c(c1)OCCc1c(C(=O)O)nn(-c3ccc(Cl)cc3Cl)c1-2. The Morgan fingerprint density at radius 2 is 2.04 bits per heavy atom. The van der Waals surface area contributed by atoms with E-state index >= 15 is 0 Å². The van der Waals surface area contributed by atoms with Gasteiger partial charge in [-0.1, -0.05) is 29.3 Å². The first kappa shape index (κ1) is 16.9. The predicted molar refractivity (Wildman–Crippen MR) is 99.9 cm³/mol. The first-order valence-electron chi connectivity index (χ1n) is 8.00. The molecule has 26 heavy (non-hydrogen) atoms. The molecule has 0 saturated carbocycles. The van der Waals surface area contributed by atoms with Gasteiger partial charge in [0.2, 0.25) is 0 Å². The number of aryl methyl sites for hydroxylation is 1. The molecule has 0 aliphatic carbocycles. The molecule has 1 aliphatic heterocycles. The number of hydrogen-bond acceptors (Lipinski definition) is 3. The molecule has 0 saturated heterocycles. The van der Waals surface area contributed by atoms with Gasteiger partial charge in [-0.2, -0.15) is 5.10 Å². The van der Waals surface area contributed by atoms with E-state index in [1.807, 2.05) is 25.1 Å². The van der Waals surface area contributed by atoms with Gasteiger partial charge in [-0.25, -0.2) is 9.48 Å². The minimum atomic E-state index is -1.08. The molecule has 132 valence electrons. The minimum Gasteiger partial charge on any atom is -0.493 e. The number of carboxylic acid groups (broad SMARTS) is 1. The van der Waals surface area contributed by atoms with Gasteiger partial charge in [0.05, 0.1) is 23.0 Å². The number of nitrogens with zero attached hydrogens (tertiary/aromatic N) is 2. The maximum absolute atomic E-state index is 11.8. The lowest BCUT2D eigenvalue weighted by atomic mass is 10.0. The molecule has 1 N–H and O–H groups in total. The van der Waals surface area contributed by atoms with Crippen LogP contribution in [0.3, 0.4) is 0 Å². The lowest BCUT2D eigenvalue weighted by Crippen LogP contribution is -2.06.